The first-order valence-electron chi connectivity index (χ1n) is 11.3. The topological polar surface area (TPSA) is 111 Å². The van der Waals surface area contributed by atoms with Crippen molar-refractivity contribution in [3.63, 3.8) is 0 Å². The highest BCUT2D eigenvalue weighted by molar-refractivity contribution is 6.13. The molecule has 0 bridgehead atoms. The lowest BCUT2D eigenvalue weighted by molar-refractivity contribution is -0.385. The van der Waals surface area contributed by atoms with E-state index in [4.69, 9.17) is 9.47 Å². The van der Waals surface area contributed by atoms with E-state index in [1.807, 2.05) is 6.07 Å². The highest BCUT2D eigenvalue weighted by Crippen LogP contribution is 2.40. The molecule has 3 aromatic carbocycles. The van der Waals surface area contributed by atoms with Crippen LogP contribution >= 0.6 is 0 Å². The van der Waals surface area contributed by atoms with E-state index in [2.05, 4.69) is 5.32 Å². The summed E-state index contributed by atoms with van der Waals surface area (Å²) in [7, 11) is 0. The summed E-state index contributed by atoms with van der Waals surface area (Å²) in [5, 5.41) is 13.9. The van der Waals surface area contributed by atoms with E-state index in [1.54, 1.807) is 31.2 Å². The summed E-state index contributed by atoms with van der Waals surface area (Å²) < 4.78 is 50.2. The van der Waals surface area contributed by atoms with E-state index < -0.39 is 40.0 Å². The number of imide groups is 1. The zero-order valence-corrected chi connectivity index (χ0v) is 19.8. The Morgan fingerprint density at radius 3 is 2.37 bits per heavy atom. The maximum absolute atomic E-state index is 13.0. The van der Waals surface area contributed by atoms with Crippen molar-refractivity contribution < 1.29 is 37.2 Å². The van der Waals surface area contributed by atoms with Crippen molar-refractivity contribution in [2.24, 2.45) is 0 Å². The van der Waals surface area contributed by atoms with E-state index in [0.29, 0.717) is 17.7 Å². The number of ether oxygens (including phenoxy) is 2. The van der Waals surface area contributed by atoms with Crippen LogP contribution in [-0.4, -0.2) is 28.4 Å². The van der Waals surface area contributed by atoms with Crippen LogP contribution in [0.4, 0.5) is 23.7 Å². The van der Waals surface area contributed by atoms with Gasteiger partial charge in [-0.15, -0.1) is 0 Å². The third-order valence-corrected chi connectivity index (χ3v) is 5.43. The molecular weight excluding hydrogens is 507 g/mol. The molecule has 1 N–H and O–H groups in total. The van der Waals surface area contributed by atoms with Gasteiger partial charge < -0.3 is 14.8 Å². The van der Waals surface area contributed by atoms with Crippen LogP contribution in [0, 0.1) is 10.1 Å². The van der Waals surface area contributed by atoms with Gasteiger partial charge in [0.15, 0.2) is 11.5 Å². The second kappa shape index (κ2) is 10.6. The number of amides is 3. The molecule has 196 valence electrons. The number of rotatable bonds is 8. The summed E-state index contributed by atoms with van der Waals surface area (Å²) in [6, 6.07) is 14.7. The lowest BCUT2D eigenvalue weighted by atomic mass is 10.1. The van der Waals surface area contributed by atoms with Gasteiger partial charge in [-0.05, 0) is 48.4 Å². The summed E-state index contributed by atoms with van der Waals surface area (Å²) in [6.07, 6.45) is -3.34. The molecule has 0 spiro atoms. The van der Waals surface area contributed by atoms with E-state index in [1.165, 1.54) is 24.3 Å². The molecule has 0 aliphatic carbocycles. The van der Waals surface area contributed by atoms with Gasteiger partial charge in [0.25, 0.3) is 5.91 Å². The summed E-state index contributed by atoms with van der Waals surface area (Å²) in [4.78, 5) is 36.7. The molecular formula is C26H20F3N3O6. The number of nitrogens with zero attached hydrogens (tertiary/aromatic N) is 2. The monoisotopic (exact) mass is 527 g/mol. The lowest BCUT2D eigenvalue weighted by Gasteiger charge is -2.14. The summed E-state index contributed by atoms with van der Waals surface area (Å²) in [6.45, 7) is 1.94. The average Bonchev–Trinajstić information content (AvgIpc) is 3.13. The second-order valence-electron chi connectivity index (χ2n) is 8.04. The Morgan fingerprint density at radius 1 is 1.00 bits per heavy atom. The maximum atomic E-state index is 13.0. The summed E-state index contributed by atoms with van der Waals surface area (Å²) in [5.41, 5.74) is -0.817. The quantitative estimate of drug-likeness (QED) is 0.169. The standard InChI is InChI=1S/C26H20F3N3O6/c1-2-37-23-13-17(12-19-24(33)31(25(34)30-19)15-16-6-4-3-5-7-16)8-10-22(23)38-21-11-9-18(26(27,28)29)14-20(21)32(35)36/h3-14H,2,15H2,1H3,(H,30,34)/b19-12+. The third-order valence-electron chi connectivity index (χ3n) is 5.43. The van der Waals surface area contributed by atoms with Crippen LogP contribution in [0.2, 0.25) is 0 Å². The van der Waals surface area contributed by atoms with Crippen LogP contribution in [0.5, 0.6) is 17.2 Å². The molecule has 0 atom stereocenters. The van der Waals surface area contributed by atoms with Crippen molar-refractivity contribution in [1.82, 2.24) is 10.2 Å². The van der Waals surface area contributed by atoms with Crippen LogP contribution in [0.25, 0.3) is 6.08 Å². The number of nitro benzene ring substituents is 1. The normalized spacial score (nSPS) is 14.5. The number of benzene rings is 3. The van der Waals surface area contributed by atoms with E-state index in [0.717, 1.165) is 16.5 Å². The fourth-order valence-electron chi connectivity index (χ4n) is 3.66. The Hall–Kier alpha value is -4.87. The minimum Gasteiger partial charge on any atom is -0.490 e. The number of carbonyl (C=O) groups excluding carboxylic acids is 2. The fourth-order valence-corrected chi connectivity index (χ4v) is 3.66. The van der Waals surface area contributed by atoms with Crippen LogP contribution in [0.1, 0.15) is 23.6 Å². The van der Waals surface area contributed by atoms with E-state index >= 15 is 0 Å². The number of urea groups is 1. The van der Waals surface area contributed by atoms with Gasteiger partial charge in [0.05, 0.1) is 23.6 Å². The van der Waals surface area contributed by atoms with Gasteiger partial charge in [0.2, 0.25) is 5.75 Å². The minimum atomic E-state index is -4.77. The maximum Gasteiger partial charge on any atom is 0.416 e. The molecule has 3 aromatic rings. The zero-order chi connectivity index (χ0) is 27.4. The predicted octanol–water partition coefficient (Wildman–Crippen LogP) is 5.90. The van der Waals surface area contributed by atoms with Crippen molar-refractivity contribution in [3.05, 3.63) is 99.2 Å². The van der Waals surface area contributed by atoms with Gasteiger partial charge in [-0.25, -0.2) is 4.79 Å². The number of halogens is 3. The molecule has 3 amide bonds. The number of alkyl halides is 3. The predicted molar refractivity (Wildman–Crippen MR) is 129 cm³/mol. The summed E-state index contributed by atoms with van der Waals surface area (Å²) >= 11 is 0. The lowest BCUT2D eigenvalue weighted by Crippen LogP contribution is -2.30. The highest BCUT2D eigenvalue weighted by Gasteiger charge is 2.34. The Kier molecular flexibility index (Phi) is 7.33. The Bertz CT molecular complexity index is 1420. The van der Waals surface area contributed by atoms with Crippen molar-refractivity contribution in [3.8, 4) is 17.2 Å². The Balaban J connectivity index is 1.60. The molecule has 0 unspecified atom stereocenters. The average molecular weight is 527 g/mol. The SMILES string of the molecule is CCOc1cc(/C=C2/NC(=O)N(Cc3ccccc3)C2=O)ccc1Oc1ccc(C(F)(F)F)cc1[N+](=O)[O-]. The highest BCUT2D eigenvalue weighted by atomic mass is 19.4. The molecule has 0 radical (unpaired) electrons. The van der Waals surface area contributed by atoms with Gasteiger partial charge in [-0.2, -0.15) is 13.2 Å². The Labute approximate surface area is 214 Å². The Morgan fingerprint density at radius 2 is 1.71 bits per heavy atom. The fraction of sp³-hybridized carbons (Fsp3) is 0.154. The number of nitro groups is 1. The van der Waals surface area contributed by atoms with Gasteiger partial charge >= 0.3 is 17.9 Å². The number of hydrogen-bond acceptors (Lipinski definition) is 6. The van der Waals surface area contributed by atoms with Gasteiger partial charge in [0.1, 0.15) is 5.70 Å². The molecule has 9 nitrogen and oxygen atoms in total. The molecule has 1 fully saturated rings. The van der Waals surface area contributed by atoms with Gasteiger partial charge in [-0.1, -0.05) is 36.4 Å². The number of carbonyl (C=O) groups is 2. The van der Waals surface area contributed by atoms with Crippen LogP contribution in [0.15, 0.2) is 72.4 Å². The molecule has 1 aliphatic rings. The largest absolute Gasteiger partial charge is 0.490 e. The van der Waals surface area contributed by atoms with Crippen molar-refractivity contribution in [2.75, 3.05) is 6.61 Å². The molecule has 1 aliphatic heterocycles. The molecule has 12 heteroatoms. The van der Waals surface area contributed by atoms with Crippen molar-refractivity contribution >= 4 is 23.7 Å². The van der Waals surface area contributed by atoms with Crippen molar-refractivity contribution in [1.29, 1.82) is 0 Å². The first-order valence-corrected chi connectivity index (χ1v) is 11.3. The molecule has 1 heterocycles. The van der Waals surface area contributed by atoms with Gasteiger partial charge in [0, 0.05) is 6.07 Å². The van der Waals surface area contributed by atoms with Crippen molar-refractivity contribution in [2.45, 2.75) is 19.6 Å². The molecule has 4 rings (SSSR count). The molecule has 0 saturated carbocycles. The second-order valence-corrected chi connectivity index (χ2v) is 8.04. The first-order chi connectivity index (χ1) is 18.1. The molecule has 0 aromatic heterocycles. The first kappa shape index (κ1) is 26.2. The van der Waals surface area contributed by atoms with Crippen LogP contribution in [-0.2, 0) is 17.5 Å². The number of hydrogen-bond donors (Lipinski definition) is 1. The summed E-state index contributed by atoms with van der Waals surface area (Å²) in [5.74, 6) is -0.819. The number of nitrogens with one attached hydrogen (secondary N) is 1. The van der Waals surface area contributed by atoms with E-state index in [-0.39, 0.29) is 30.3 Å². The zero-order valence-electron chi connectivity index (χ0n) is 19.8. The molecule has 1 saturated heterocycles. The molecule has 38 heavy (non-hydrogen) atoms. The minimum absolute atomic E-state index is 0.00402. The van der Waals surface area contributed by atoms with Gasteiger partial charge in [-0.3, -0.25) is 19.8 Å². The van der Waals surface area contributed by atoms with Crippen LogP contribution in [0.3, 0.4) is 0 Å². The smallest absolute Gasteiger partial charge is 0.416 e. The van der Waals surface area contributed by atoms with Crippen LogP contribution < -0.4 is 14.8 Å². The van der Waals surface area contributed by atoms with E-state index in [9.17, 15) is 32.9 Å². The third kappa shape index (κ3) is 5.75.